The fourth-order valence-electron chi connectivity index (χ4n) is 2.43. The second-order valence-corrected chi connectivity index (χ2v) is 4.55. The molecule has 0 aliphatic heterocycles. The van der Waals surface area contributed by atoms with Crippen molar-refractivity contribution in [1.82, 2.24) is 4.98 Å². The predicted octanol–water partition coefficient (Wildman–Crippen LogP) is 3.46. The number of nitrogens with one attached hydrogen (secondary N) is 1. The van der Waals surface area contributed by atoms with E-state index < -0.39 is 0 Å². The van der Waals surface area contributed by atoms with Gasteiger partial charge in [-0.2, -0.15) is 0 Å². The monoisotopic (exact) mass is 204 g/mol. The number of hydrogen-bond acceptors (Lipinski definition) is 2. The lowest BCUT2D eigenvalue weighted by molar-refractivity contribution is 0.328. The predicted molar refractivity (Wildman–Crippen MR) is 63.9 cm³/mol. The van der Waals surface area contributed by atoms with Crippen LogP contribution in [0.4, 0.5) is 5.82 Å². The van der Waals surface area contributed by atoms with Gasteiger partial charge in [-0.25, -0.2) is 4.98 Å². The van der Waals surface area contributed by atoms with Crippen LogP contribution < -0.4 is 5.32 Å². The van der Waals surface area contributed by atoms with E-state index in [9.17, 15) is 0 Å². The third-order valence-corrected chi connectivity index (χ3v) is 3.40. The summed E-state index contributed by atoms with van der Waals surface area (Å²) < 4.78 is 0. The minimum Gasteiger partial charge on any atom is -0.367 e. The van der Waals surface area contributed by atoms with Crippen molar-refractivity contribution in [3.63, 3.8) is 0 Å². The first kappa shape index (κ1) is 10.5. The van der Waals surface area contributed by atoms with Crippen molar-refractivity contribution < 1.29 is 0 Å². The van der Waals surface area contributed by atoms with E-state index >= 15 is 0 Å². The van der Waals surface area contributed by atoms with Crippen molar-refractivity contribution in [2.75, 3.05) is 5.32 Å². The van der Waals surface area contributed by atoms with Crippen LogP contribution in [0.25, 0.3) is 0 Å². The first-order chi connectivity index (χ1) is 7.36. The molecule has 1 heterocycles. The molecular weight excluding hydrogens is 184 g/mol. The summed E-state index contributed by atoms with van der Waals surface area (Å²) in [7, 11) is 0. The van der Waals surface area contributed by atoms with Gasteiger partial charge in [0.1, 0.15) is 5.82 Å². The van der Waals surface area contributed by atoms with Gasteiger partial charge < -0.3 is 5.32 Å². The standard InChI is InChI=1S/C13H20N2/c1-11(12-7-3-2-4-8-12)15-13-9-5-6-10-14-13/h5-6,9-12H,2-4,7-8H2,1H3,(H,14,15)/t11-/m1/s1. The molecule has 0 unspecified atom stereocenters. The molecule has 1 aliphatic carbocycles. The maximum Gasteiger partial charge on any atom is 0.126 e. The molecule has 15 heavy (non-hydrogen) atoms. The molecule has 0 bridgehead atoms. The van der Waals surface area contributed by atoms with Crippen LogP contribution >= 0.6 is 0 Å². The summed E-state index contributed by atoms with van der Waals surface area (Å²) in [6.07, 6.45) is 8.82. The number of anilines is 1. The SMILES string of the molecule is C[C@@H](Nc1ccccn1)C1CCCCC1. The van der Waals surface area contributed by atoms with Crippen LogP contribution in [0, 0.1) is 5.92 Å². The second kappa shape index (κ2) is 5.15. The number of nitrogens with zero attached hydrogens (tertiary/aromatic N) is 1. The van der Waals surface area contributed by atoms with Crippen LogP contribution in [0.2, 0.25) is 0 Å². The zero-order valence-corrected chi connectivity index (χ0v) is 9.45. The Morgan fingerprint density at radius 1 is 1.27 bits per heavy atom. The second-order valence-electron chi connectivity index (χ2n) is 4.55. The van der Waals surface area contributed by atoms with Gasteiger partial charge in [0.25, 0.3) is 0 Å². The van der Waals surface area contributed by atoms with Gasteiger partial charge in [0.05, 0.1) is 0 Å². The molecule has 1 fully saturated rings. The minimum absolute atomic E-state index is 0.556. The zero-order chi connectivity index (χ0) is 10.5. The van der Waals surface area contributed by atoms with Gasteiger partial charge in [0.2, 0.25) is 0 Å². The Hall–Kier alpha value is -1.05. The smallest absolute Gasteiger partial charge is 0.126 e. The van der Waals surface area contributed by atoms with Crippen LogP contribution in [0.3, 0.4) is 0 Å². The van der Waals surface area contributed by atoms with E-state index in [0.717, 1.165) is 11.7 Å². The molecule has 1 N–H and O–H groups in total. The maximum absolute atomic E-state index is 4.30. The Bertz CT molecular complexity index is 278. The summed E-state index contributed by atoms with van der Waals surface area (Å²) in [5.74, 6) is 1.84. The highest BCUT2D eigenvalue weighted by Crippen LogP contribution is 2.27. The zero-order valence-electron chi connectivity index (χ0n) is 9.45. The summed E-state index contributed by atoms with van der Waals surface area (Å²) in [4.78, 5) is 4.30. The van der Waals surface area contributed by atoms with Crippen LogP contribution in [0.1, 0.15) is 39.0 Å². The Morgan fingerprint density at radius 3 is 2.73 bits per heavy atom. The molecular formula is C13H20N2. The lowest BCUT2D eigenvalue weighted by Crippen LogP contribution is -2.27. The molecule has 2 rings (SSSR count). The highest BCUT2D eigenvalue weighted by molar-refractivity contribution is 5.34. The van der Waals surface area contributed by atoms with E-state index in [-0.39, 0.29) is 0 Å². The van der Waals surface area contributed by atoms with Crippen LogP contribution in [-0.4, -0.2) is 11.0 Å². The topological polar surface area (TPSA) is 24.9 Å². The molecule has 1 aromatic rings. The number of pyridine rings is 1. The summed E-state index contributed by atoms with van der Waals surface area (Å²) >= 11 is 0. The molecule has 0 spiro atoms. The number of hydrogen-bond donors (Lipinski definition) is 1. The quantitative estimate of drug-likeness (QED) is 0.815. The average Bonchev–Trinajstić information content (AvgIpc) is 2.31. The first-order valence-corrected chi connectivity index (χ1v) is 6.04. The van der Waals surface area contributed by atoms with Gasteiger partial charge in [0.15, 0.2) is 0 Å². The largest absolute Gasteiger partial charge is 0.367 e. The molecule has 0 radical (unpaired) electrons. The van der Waals surface area contributed by atoms with Gasteiger partial charge in [-0.1, -0.05) is 25.3 Å². The lowest BCUT2D eigenvalue weighted by Gasteiger charge is -2.28. The van der Waals surface area contributed by atoms with Crippen molar-refractivity contribution in [2.45, 2.75) is 45.1 Å². The Labute approximate surface area is 92.1 Å². The Balaban J connectivity index is 1.88. The van der Waals surface area contributed by atoms with Crippen LogP contribution in [0.15, 0.2) is 24.4 Å². The number of aromatic nitrogens is 1. The van der Waals surface area contributed by atoms with Crippen LogP contribution in [-0.2, 0) is 0 Å². The summed E-state index contributed by atoms with van der Waals surface area (Å²) in [5.41, 5.74) is 0. The Kier molecular flexibility index (Phi) is 3.59. The molecule has 2 heteroatoms. The third kappa shape index (κ3) is 2.95. The Morgan fingerprint density at radius 2 is 2.07 bits per heavy atom. The summed E-state index contributed by atoms with van der Waals surface area (Å²) in [6, 6.07) is 6.58. The van der Waals surface area contributed by atoms with E-state index in [0.29, 0.717) is 6.04 Å². The third-order valence-electron chi connectivity index (χ3n) is 3.40. The van der Waals surface area contributed by atoms with E-state index in [4.69, 9.17) is 0 Å². The molecule has 1 aliphatic rings. The maximum atomic E-state index is 4.30. The molecule has 1 aromatic heterocycles. The van der Waals surface area contributed by atoms with E-state index in [1.807, 2.05) is 24.4 Å². The molecule has 0 aromatic carbocycles. The summed E-state index contributed by atoms with van der Waals surface area (Å²) in [6.45, 7) is 2.28. The van der Waals surface area contributed by atoms with E-state index in [2.05, 4.69) is 17.2 Å². The van der Waals surface area contributed by atoms with Gasteiger partial charge in [0, 0.05) is 12.2 Å². The highest BCUT2D eigenvalue weighted by atomic mass is 15.0. The molecule has 0 saturated heterocycles. The number of rotatable bonds is 3. The van der Waals surface area contributed by atoms with Gasteiger partial charge in [-0.05, 0) is 37.8 Å². The van der Waals surface area contributed by atoms with Crippen molar-refractivity contribution in [3.8, 4) is 0 Å². The first-order valence-electron chi connectivity index (χ1n) is 6.04. The minimum atomic E-state index is 0.556. The molecule has 0 amide bonds. The van der Waals surface area contributed by atoms with Crippen molar-refractivity contribution in [1.29, 1.82) is 0 Å². The highest BCUT2D eigenvalue weighted by Gasteiger charge is 2.19. The van der Waals surface area contributed by atoms with E-state index in [1.165, 1.54) is 32.1 Å². The van der Waals surface area contributed by atoms with Gasteiger partial charge >= 0.3 is 0 Å². The molecule has 2 nitrogen and oxygen atoms in total. The van der Waals surface area contributed by atoms with Crippen molar-refractivity contribution in [2.24, 2.45) is 5.92 Å². The van der Waals surface area contributed by atoms with Gasteiger partial charge in [-0.3, -0.25) is 0 Å². The molecule has 1 atom stereocenters. The normalized spacial score (nSPS) is 19.8. The molecule has 1 saturated carbocycles. The average molecular weight is 204 g/mol. The van der Waals surface area contributed by atoms with Crippen LogP contribution in [0.5, 0.6) is 0 Å². The summed E-state index contributed by atoms with van der Waals surface area (Å²) in [5, 5.41) is 3.50. The van der Waals surface area contributed by atoms with Crippen molar-refractivity contribution in [3.05, 3.63) is 24.4 Å². The fraction of sp³-hybridized carbons (Fsp3) is 0.615. The van der Waals surface area contributed by atoms with E-state index in [1.54, 1.807) is 0 Å². The van der Waals surface area contributed by atoms with Gasteiger partial charge in [-0.15, -0.1) is 0 Å². The molecule has 82 valence electrons. The van der Waals surface area contributed by atoms with Crippen molar-refractivity contribution >= 4 is 5.82 Å². The lowest BCUT2D eigenvalue weighted by atomic mass is 9.84. The fourth-order valence-corrected chi connectivity index (χ4v) is 2.43.